The van der Waals surface area contributed by atoms with Crippen molar-refractivity contribution in [1.82, 2.24) is 4.98 Å². The van der Waals surface area contributed by atoms with Gasteiger partial charge in [0.05, 0.1) is 40.6 Å². The highest BCUT2D eigenvalue weighted by atomic mass is 32.1. The highest BCUT2D eigenvalue weighted by Gasteiger charge is 2.54. The van der Waals surface area contributed by atoms with E-state index in [-0.39, 0.29) is 17.8 Å². The Labute approximate surface area is 421 Å². The molecule has 0 spiro atoms. The molecule has 0 saturated heterocycles. The van der Waals surface area contributed by atoms with Crippen LogP contribution in [0.4, 0.5) is 5.69 Å². The van der Waals surface area contributed by atoms with Crippen molar-refractivity contribution in [3.05, 3.63) is 125 Å². The maximum atomic E-state index is 11.2. The molecule has 8 fully saturated rings. The number of hydrogen-bond donors (Lipinski definition) is 3. The molecule has 8 bridgehead atoms. The van der Waals surface area contributed by atoms with Gasteiger partial charge in [-0.15, -0.1) is 11.3 Å². The van der Waals surface area contributed by atoms with Gasteiger partial charge in [0, 0.05) is 43.1 Å². The van der Waals surface area contributed by atoms with Crippen LogP contribution in [-0.2, 0) is 20.3 Å². The molecule has 12 heteroatoms. The van der Waals surface area contributed by atoms with Crippen molar-refractivity contribution in [3.63, 3.8) is 0 Å². The smallest absolute Gasteiger partial charge is 0.335 e. The number of thiazole rings is 1. The fraction of sp³-hybridized carbons (Fsp3) is 0.475. The molecule has 0 amide bonds. The minimum Gasteiger partial charge on any atom is -0.478 e. The van der Waals surface area contributed by atoms with Crippen LogP contribution < -0.4 is 10.1 Å². The van der Waals surface area contributed by atoms with Crippen LogP contribution in [0.1, 0.15) is 140 Å². The minimum atomic E-state index is -0.930. The van der Waals surface area contributed by atoms with E-state index in [9.17, 15) is 19.8 Å². The average Bonchev–Trinajstić information content (AvgIpc) is 4.07. The van der Waals surface area contributed by atoms with Crippen LogP contribution in [0.25, 0.3) is 21.0 Å². The molecule has 5 aromatic rings. The average molecular weight is 975 g/mol. The van der Waals surface area contributed by atoms with Crippen LogP contribution in [0.5, 0.6) is 5.75 Å². The van der Waals surface area contributed by atoms with Crippen LogP contribution in [0.15, 0.2) is 101 Å². The highest BCUT2D eigenvalue weighted by Crippen LogP contribution is 2.63. The van der Waals surface area contributed by atoms with Crippen LogP contribution in [0.3, 0.4) is 0 Å². The number of nitrogens with one attached hydrogen (secondary N) is 1. The summed E-state index contributed by atoms with van der Waals surface area (Å²) in [6.45, 7) is 4.50. The van der Waals surface area contributed by atoms with E-state index in [1.807, 2.05) is 30.5 Å². The van der Waals surface area contributed by atoms with Crippen molar-refractivity contribution >= 4 is 40.4 Å². The topological polar surface area (TPSA) is 152 Å². The molecule has 71 heavy (non-hydrogen) atoms. The molecule has 8 aliphatic carbocycles. The Morgan fingerprint density at radius 3 is 1.70 bits per heavy atom. The summed E-state index contributed by atoms with van der Waals surface area (Å²) in [4.78, 5) is 28.2. The van der Waals surface area contributed by atoms with Crippen molar-refractivity contribution in [1.29, 1.82) is 0 Å². The van der Waals surface area contributed by atoms with Crippen molar-refractivity contribution in [2.45, 2.75) is 108 Å². The predicted octanol–water partition coefficient (Wildman–Crippen LogP) is 12.9. The summed E-state index contributed by atoms with van der Waals surface area (Å²) in [5.74, 6) is 4.32. The number of aromatic nitrogens is 1. The number of hydrogen-bond acceptors (Lipinski definition) is 10. The van der Waals surface area contributed by atoms with Crippen molar-refractivity contribution in [2.24, 2.45) is 45.7 Å². The molecular formula is C59H66N4O7S. The van der Waals surface area contributed by atoms with E-state index in [0.29, 0.717) is 30.6 Å². The third-order valence-electron chi connectivity index (χ3n) is 17.1. The van der Waals surface area contributed by atoms with Crippen molar-refractivity contribution < 1.29 is 34.0 Å². The number of carbonyl (C=O) groups is 2. The summed E-state index contributed by atoms with van der Waals surface area (Å²) in [6.07, 6.45) is 20.0. The molecular weight excluding hydrogens is 909 g/mol. The third-order valence-corrected chi connectivity index (χ3v) is 18.2. The third kappa shape index (κ3) is 9.84. The highest BCUT2D eigenvalue weighted by molar-refractivity contribution is 7.18. The second-order valence-corrected chi connectivity index (χ2v) is 23.1. The lowest BCUT2D eigenvalue weighted by Crippen LogP contribution is -2.48. The van der Waals surface area contributed by atoms with Crippen LogP contribution in [-0.4, -0.2) is 72.2 Å². The van der Waals surface area contributed by atoms with Gasteiger partial charge in [-0.2, -0.15) is 10.2 Å². The second kappa shape index (κ2) is 20.1. The van der Waals surface area contributed by atoms with Gasteiger partial charge in [0.15, 0.2) is 6.79 Å². The van der Waals surface area contributed by atoms with E-state index < -0.39 is 11.9 Å². The van der Waals surface area contributed by atoms with Gasteiger partial charge in [-0.05, 0) is 207 Å². The number of anilines is 1. The number of rotatable bonds is 17. The Kier molecular flexibility index (Phi) is 13.5. The van der Waals surface area contributed by atoms with Crippen LogP contribution in [0, 0.1) is 35.5 Å². The summed E-state index contributed by atoms with van der Waals surface area (Å²) in [5.41, 5.74) is 11.2. The van der Waals surface area contributed by atoms with Crippen molar-refractivity contribution in [2.75, 3.05) is 39.0 Å². The molecule has 8 saturated carbocycles. The summed E-state index contributed by atoms with van der Waals surface area (Å²) in [6, 6.07) is 27.3. The van der Waals surface area contributed by atoms with Crippen molar-refractivity contribution in [3.8, 4) is 26.8 Å². The van der Waals surface area contributed by atoms with E-state index in [4.69, 9.17) is 14.2 Å². The van der Waals surface area contributed by atoms with Crippen LogP contribution >= 0.6 is 11.3 Å². The first-order valence-corrected chi connectivity index (χ1v) is 26.9. The molecule has 11 nitrogen and oxygen atoms in total. The standard InChI is InChI=1S/C30H34N2O5.C29H32N2O2S/c1-35-8-9-36-18-37-28-7-6-24(13-25(28)30-15-19-10-20(16-30)12-21(11-19)17-30)27-14-26(31-32-27)22-2-4-23(5-3-22)29(33)34;1-2-9-30-25-8-7-23(13-24(25)29-14-18-10-19(15-29)12-20(11-18)16-29)26-17-31-27(34-26)21-3-5-22(6-4-21)28(32)33/h2-7,13,19-21H,8-12,14-18H2,1H3,(H,33,34);3-8,13,17-20,30H,2,9-12,14-16H2,1H3,(H,32,33). The predicted molar refractivity (Wildman–Crippen MR) is 279 cm³/mol. The second-order valence-electron chi connectivity index (χ2n) is 22.0. The normalized spacial score (nSPS) is 27.5. The van der Waals surface area contributed by atoms with E-state index in [0.717, 1.165) is 87.3 Å². The van der Waals surface area contributed by atoms with E-state index >= 15 is 0 Å². The first kappa shape index (κ1) is 47.6. The molecule has 9 aliphatic rings. The maximum absolute atomic E-state index is 11.2. The molecule has 0 unspecified atom stereocenters. The van der Waals surface area contributed by atoms with Crippen LogP contribution in [0.2, 0.25) is 0 Å². The maximum Gasteiger partial charge on any atom is 0.335 e. The molecule has 2 heterocycles. The van der Waals surface area contributed by atoms with E-state index in [2.05, 4.69) is 63.8 Å². The first-order chi connectivity index (χ1) is 34.6. The van der Waals surface area contributed by atoms with Gasteiger partial charge in [0.1, 0.15) is 10.8 Å². The Balaban J connectivity index is 0.000000155. The molecule has 1 aliphatic heterocycles. The molecule has 1 aromatic heterocycles. The lowest BCUT2D eigenvalue weighted by Gasteiger charge is -2.57. The number of nitrogens with zero attached hydrogens (tertiary/aromatic N) is 3. The Bertz CT molecular complexity index is 2760. The van der Waals surface area contributed by atoms with Gasteiger partial charge in [0.25, 0.3) is 0 Å². The monoisotopic (exact) mass is 974 g/mol. The number of benzene rings is 4. The van der Waals surface area contributed by atoms with Gasteiger partial charge < -0.3 is 29.7 Å². The quantitative estimate of drug-likeness (QED) is 0.0611. The number of aromatic carboxylic acids is 2. The minimum absolute atomic E-state index is 0.169. The Morgan fingerprint density at radius 2 is 1.15 bits per heavy atom. The lowest BCUT2D eigenvalue weighted by molar-refractivity contribution is -0.0189. The Hall–Kier alpha value is -5.69. The molecule has 0 radical (unpaired) electrons. The molecule has 3 N–H and O–H groups in total. The molecule has 0 atom stereocenters. The van der Waals surface area contributed by atoms with E-state index in [1.165, 1.54) is 98.7 Å². The first-order valence-electron chi connectivity index (χ1n) is 26.1. The SMILES string of the molecule is CCCNc1ccc(-c2cnc(-c3ccc(C(=O)O)cc3)s2)cc1C12CC3CC(CC(C3)C1)C2.COCCOCOc1ccc(C2=NN=C(c3ccc(C(=O)O)cc3)C2)cc1C12CC3CC(CC(C3)C1)C2. The van der Waals surface area contributed by atoms with Gasteiger partial charge in [-0.25, -0.2) is 14.6 Å². The Morgan fingerprint density at radius 1 is 0.648 bits per heavy atom. The fourth-order valence-electron chi connectivity index (χ4n) is 14.8. The van der Waals surface area contributed by atoms with E-state index in [1.54, 1.807) is 48.3 Å². The zero-order valence-corrected chi connectivity index (χ0v) is 41.9. The molecule has 4 aromatic carbocycles. The lowest BCUT2D eigenvalue weighted by atomic mass is 9.48. The molecule has 14 rings (SSSR count). The largest absolute Gasteiger partial charge is 0.478 e. The summed E-state index contributed by atoms with van der Waals surface area (Å²) in [7, 11) is 1.67. The number of carboxylic acids is 2. The van der Waals surface area contributed by atoms with Gasteiger partial charge in [-0.1, -0.05) is 37.3 Å². The number of carboxylic acid groups (broad SMARTS) is 2. The zero-order chi connectivity index (χ0) is 48.7. The molecule has 370 valence electrons. The fourth-order valence-corrected chi connectivity index (χ4v) is 15.7. The summed E-state index contributed by atoms with van der Waals surface area (Å²) < 4.78 is 16.9. The summed E-state index contributed by atoms with van der Waals surface area (Å²) >= 11 is 1.68. The number of methoxy groups -OCH3 is 1. The van der Waals surface area contributed by atoms with Gasteiger partial charge in [-0.3, -0.25) is 0 Å². The summed E-state index contributed by atoms with van der Waals surface area (Å²) in [5, 5.41) is 32.0. The van der Waals surface area contributed by atoms with Gasteiger partial charge >= 0.3 is 11.9 Å². The zero-order valence-electron chi connectivity index (χ0n) is 41.0. The number of ether oxygens (including phenoxy) is 3. The van der Waals surface area contributed by atoms with Gasteiger partial charge in [0.2, 0.25) is 0 Å².